The molecule has 21 heavy (non-hydrogen) atoms. The minimum absolute atomic E-state index is 0.249. The number of anilines is 1. The number of thiophene rings is 1. The van der Waals surface area contributed by atoms with Crippen LogP contribution in [0.1, 0.15) is 26.4 Å². The lowest BCUT2D eigenvalue weighted by atomic mass is 10.0. The van der Waals surface area contributed by atoms with Gasteiger partial charge in [0.25, 0.3) is 5.91 Å². The van der Waals surface area contributed by atoms with E-state index >= 15 is 0 Å². The second-order valence-corrected chi connectivity index (χ2v) is 6.25. The molecule has 1 amide bonds. The van der Waals surface area contributed by atoms with E-state index < -0.39 is 0 Å². The van der Waals surface area contributed by atoms with Crippen LogP contribution in [0.4, 0.5) is 5.00 Å². The molecule has 0 fully saturated rings. The average molecular weight is 318 g/mol. The second kappa shape index (κ2) is 5.86. The fourth-order valence-electron chi connectivity index (χ4n) is 2.35. The molecule has 1 aromatic heterocycles. The number of hydrogen-bond donors (Lipinski definition) is 2. The van der Waals surface area contributed by atoms with Gasteiger partial charge in [-0.25, -0.2) is 0 Å². The number of nitriles is 1. The number of nitrogens with zero attached hydrogens (tertiary/aromatic N) is 1. The van der Waals surface area contributed by atoms with Gasteiger partial charge in [0.15, 0.2) is 0 Å². The first-order valence-corrected chi connectivity index (χ1v) is 7.71. The van der Waals surface area contributed by atoms with Crippen molar-refractivity contribution in [3.8, 4) is 6.07 Å². The Morgan fingerprint density at radius 1 is 1.48 bits per heavy atom. The van der Waals surface area contributed by atoms with E-state index in [1.54, 1.807) is 24.3 Å². The van der Waals surface area contributed by atoms with Crippen molar-refractivity contribution in [1.82, 2.24) is 5.32 Å². The fourth-order valence-corrected chi connectivity index (χ4v) is 3.70. The Morgan fingerprint density at radius 3 is 3.10 bits per heavy atom. The SMILES string of the molecule is N#Cc1c(NC(=O)c2cccc(Cl)c2)sc2c1CCNC2. The number of fused-ring (bicyclic) bond motifs is 1. The first kappa shape index (κ1) is 14.1. The summed E-state index contributed by atoms with van der Waals surface area (Å²) in [7, 11) is 0. The van der Waals surface area contributed by atoms with Crippen LogP contribution >= 0.6 is 22.9 Å². The second-order valence-electron chi connectivity index (χ2n) is 4.71. The molecule has 1 aliphatic rings. The van der Waals surface area contributed by atoms with E-state index in [1.165, 1.54) is 11.3 Å². The van der Waals surface area contributed by atoms with Crippen molar-refractivity contribution in [2.45, 2.75) is 13.0 Å². The number of carbonyl (C=O) groups is 1. The predicted octanol–water partition coefficient (Wildman–Crippen LogP) is 3.17. The Morgan fingerprint density at radius 2 is 2.33 bits per heavy atom. The van der Waals surface area contributed by atoms with Crippen LogP contribution in [0.2, 0.25) is 5.02 Å². The van der Waals surface area contributed by atoms with Crippen molar-refractivity contribution in [2.75, 3.05) is 11.9 Å². The topological polar surface area (TPSA) is 64.9 Å². The molecule has 0 atom stereocenters. The van der Waals surface area contributed by atoms with Crippen LogP contribution in [0.25, 0.3) is 0 Å². The van der Waals surface area contributed by atoms with E-state index in [0.717, 1.165) is 30.0 Å². The highest BCUT2D eigenvalue weighted by Gasteiger charge is 2.21. The largest absolute Gasteiger partial charge is 0.312 e. The Balaban J connectivity index is 1.90. The normalized spacial score (nSPS) is 13.3. The summed E-state index contributed by atoms with van der Waals surface area (Å²) in [4.78, 5) is 13.4. The van der Waals surface area contributed by atoms with Crippen LogP contribution in [0.5, 0.6) is 0 Å². The zero-order valence-corrected chi connectivity index (χ0v) is 12.6. The molecule has 0 aliphatic carbocycles. The highest BCUT2D eigenvalue weighted by atomic mass is 35.5. The molecule has 6 heteroatoms. The molecule has 0 saturated carbocycles. The van der Waals surface area contributed by atoms with E-state index in [-0.39, 0.29) is 5.91 Å². The summed E-state index contributed by atoms with van der Waals surface area (Å²) in [5.41, 5.74) is 2.13. The van der Waals surface area contributed by atoms with Gasteiger partial charge >= 0.3 is 0 Å². The van der Waals surface area contributed by atoms with Crippen LogP contribution in [-0.4, -0.2) is 12.5 Å². The van der Waals surface area contributed by atoms with Crippen LogP contribution in [0.15, 0.2) is 24.3 Å². The molecule has 1 aromatic carbocycles. The van der Waals surface area contributed by atoms with Crippen molar-refractivity contribution in [3.63, 3.8) is 0 Å². The number of nitrogens with one attached hydrogen (secondary N) is 2. The number of benzene rings is 1. The van der Waals surface area contributed by atoms with Gasteiger partial charge in [-0.3, -0.25) is 4.79 Å². The van der Waals surface area contributed by atoms with Crippen molar-refractivity contribution < 1.29 is 4.79 Å². The van der Waals surface area contributed by atoms with E-state index in [2.05, 4.69) is 16.7 Å². The smallest absolute Gasteiger partial charge is 0.256 e. The number of hydrogen-bond acceptors (Lipinski definition) is 4. The summed E-state index contributed by atoms with van der Waals surface area (Å²) in [6.45, 7) is 1.61. The van der Waals surface area contributed by atoms with Gasteiger partial charge in [-0.2, -0.15) is 5.26 Å². The lowest BCUT2D eigenvalue weighted by molar-refractivity contribution is 0.102. The van der Waals surface area contributed by atoms with Crippen molar-refractivity contribution >= 4 is 33.8 Å². The number of halogens is 1. The molecular weight excluding hydrogens is 306 g/mol. The van der Waals surface area contributed by atoms with Gasteiger partial charge in [-0.1, -0.05) is 17.7 Å². The maximum Gasteiger partial charge on any atom is 0.256 e. The molecule has 1 aliphatic heterocycles. The van der Waals surface area contributed by atoms with Crippen LogP contribution in [0.3, 0.4) is 0 Å². The third-order valence-electron chi connectivity index (χ3n) is 3.35. The van der Waals surface area contributed by atoms with Crippen molar-refractivity contribution in [3.05, 3.63) is 50.9 Å². The summed E-state index contributed by atoms with van der Waals surface area (Å²) in [5, 5.41) is 16.6. The molecule has 2 heterocycles. The fraction of sp³-hybridized carbons (Fsp3) is 0.200. The zero-order chi connectivity index (χ0) is 14.8. The van der Waals surface area contributed by atoms with Crippen LogP contribution in [0, 0.1) is 11.3 Å². The molecule has 4 nitrogen and oxygen atoms in total. The maximum absolute atomic E-state index is 12.3. The Bertz CT molecular complexity index is 748. The minimum atomic E-state index is -0.249. The first-order chi connectivity index (χ1) is 10.2. The highest BCUT2D eigenvalue weighted by molar-refractivity contribution is 7.16. The molecule has 0 spiro atoms. The molecule has 2 aromatic rings. The van der Waals surface area contributed by atoms with E-state index in [0.29, 0.717) is 21.2 Å². The summed E-state index contributed by atoms with van der Waals surface area (Å²) in [5.74, 6) is -0.249. The number of amides is 1. The standard InChI is InChI=1S/C15H12ClN3OS/c16-10-3-1-2-9(6-10)14(20)19-15-12(7-17)11-4-5-18-8-13(11)21-15/h1-3,6,18H,4-5,8H2,(H,19,20). The molecule has 3 rings (SSSR count). The highest BCUT2D eigenvalue weighted by Crippen LogP contribution is 2.35. The molecule has 0 radical (unpaired) electrons. The van der Waals surface area contributed by atoms with Gasteiger partial charge in [0.05, 0.1) is 5.56 Å². The zero-order valence-electron chi connectivity index (χ0n) is 11.1. The van der Waals surface area contributed by atoms with Gasteiger partial charge in [-0.05, 0) is 36.7 Å². The third kappa shape index (κ3) is 2.79. The average Bonchev–Trinajstić information content (AvgIpc) is 2.84. The van der Waals surface area contributed by atoms with E-state index in [9.17, 15) is 10.1 Å². The Hall–Kier alpha value is -1.87. The quantitative estimate of drug-likeness (QED) is 0.894. The lowest BCUT2D eigenvalue weighted by Gasteiger charge is -2.11. The molecule has 2 N–H and O–H groups in total. The van der Waals surface area contributed by atoms with Gasteiger partial charge in [-0.15, -0.1) is 11.3 Å². The third-order valence-corrected chi connectivity index (χ3v) is 4.74. The van der Waals surface area contributed by atoms with Gasteiger partial charge in [0, 0.05) is 22.0 Å². The summed E-state index contributed by atoms with van der Waals surface area (Å²) in [6.07, 6.45) is 0.821. The van der Waals surface area contributed by atoms with Crippen LogP contribution in [-0.2, 0) is 13.0 Å². The molecule has 0 unspecified atom stereocenters. The predicted molar refractivity (Wildman–Crippen MR) is 83.8 cm³/mol. The monoisotopic (exact) mass is 317 g/mol. The summed E-state index contributed by atoms with van der Waals surface area (Å²) in [6, 6.07) is 8.96. The van der Waals surface area contributed by atoms with Crippen molar-refractivity contribution in [2.24, 2.45) is 0 Å². The van der Waals surface area contributed by atoms with Crippen LogP contribution < -0.4 is 10.6 Å². The lowest BCUT2D eigenvalue weighted by Crippen LogP contribution is -2.22. The minimum Gasteiger partial charge on any atom is -0.312 e. The maximum atomic E-state index is 12.3. The van der Waals surface area contributed by atoms with Gasteiger partial charge < -0.3 is 10.6 Å². The first-order valence-electron chi connectivity index (χ1n) is 6.51. The molecule has 0 saturated heterocycles. The molecular formula is C15H12ClN3OS. The number of carbonyl (C=O) groups excluding carboxylic acids is 1. The van der Waals surface area contributed by atoms with Gasteiger partial charge in [0.2, 0.25) is 0 Å². The summed E-state index contributed by atoms with van der Waals surface area (Å²) >= 11 is 7.36. The van der Waals surface area contributed by atoms with E-state index in [4.69, 9.17) is 11.6 Å². The van der Waals surface area contributed by atoms with Crippen molar-refractivity contribution in [1.29, 1.82) is 5.26 Å². The Kier molecular flexibility index (Phi) is 3.93. The molecule has 0 bridgehead atoms. The summed E-state index contributed by atoms with van der Waals surface area (Å²) < 4.78 is 0. The van der Waals surface area contributed by atoms with Gasteiger partial charge in [0.1, 0.15) is 11.1 Å². The molecule has 106 valence electrons. The number of rotatable bonds is 2. The Labute approximate surface area is 131 Å². The van der Waals surface area contributed by atoms with E-state index in [1.807, 2.05) is 0 Å².